The Hall–Kier alpha value is -1.10. The van der Waals surface area contributed by atoms with Crippen LogP contribution < -0.4 is 5.32 Å². The van der Waals surface area contributed by atoms with Gasteiger partial charge in [-0.05, 0) is 6.92 Å². The molecule has 0 aromatic rings. The lowest BCUT2D eigenvalue weighted by molar-refractivity contribution is -0.175. The molecule has 1 rings (SSSR count). The molecule has 1 aliphatic rings. The van der Waals surface area contributed by atoms with Crippen LogP contribution in [0.5, 0.6) is 0 Å². The lowest BCUT2D eigenvalue weighted by Gasteiger charge is -2.38. The van der Waals surface area contributed by atoms with E-state index in [9.17, 15) is 9.59 Å². The Labute approximate surface area is 76.4 Å². The van der Waals surface area contributed by atoms with Crippen molar-refractivity contribution in [1.82, 2.24) is 5.32 Å². The summed E-state index contributed by atoms with van der Waals surface area (Å²) in [5.41, 5.74) is 0. The molecule has 0 bridgehead atoms. The Balaban J connectivity index is 2.50. The fourth-order valence-electron chi connectivity index (χ4n) is 1.25. The van der Waals surface area contributed by atoms with E-state index >= 15 is 0 Å². The number of nitrogens with one attached hydrogen (secondary N) is 1. The number of amides is 1. The highest BCUT2D eigenvalue weighted by atomic mass is 16.6. The van der Waals surface area contributed by atoms with Crippen LogP contribution >= 0.6 is 0 Å². The second-order valence-corrected chi connectivity index (χ2v) is 3.01. The van der Waals surface area contributed by atoms with E-state index in [1.165, 1.54) is 14.0 Å². The van der Waals surface area contributed by atoms with E-state index < -0.39 is 12.2 Å². The molecule has 1 heterocycles. The molecule has 0 radical (unpaired) electrons. The van der Waals surface area contributed by atoms with Crippen molar-refractivity contribution in [1.29, 1.82) is 0 Å². The van der Waals surface area contributed by atoms with E-state index in [4.69, 9.17) is 9.47 Å². The molecule has 0 aliphatic carbocycles. The van der Waals surface area contributed by atoms with E-state index in [0.717, 1.165) is 0 Å². The zero-order valence-corrected chi connectivity index (χ0v) is 7.87. The van der Waals surface area contributed by atoms with E-state index in [2.05, 4.69) is 5.32 Å². The number of methoxy groups -OCH3 is 1. The Morgan fingerprint density at radius 3 is 2.62 bits per heavy atom. The highest BCUT2D eigenvalue weighted by Crippen LogP contribution is 2.21. The van der Waals surface area contributed by atoms with Gasteiger partial charge in [0.2, 0.25) is 5.91 Å². The lowest BCUT2D eigenvalue weighted by Crippen LogP contribution is -2.63. The summed E-state index contributed by atoms with van der Waals surface area (Å²) in [6.07, 6.45) is -0.766. The van der Waals surface area contributed by atoms with Gasteiger partial charge in [0.05, 0.1) is 6.10 Å². The van der Waals surface area contributed by atoms with Crippen molar-refractivity contribution >= 4 is 11.9 Å². The number of β-lactam (4-membered cyclic amide) rings is 1. The predicted molar refractivity (Wildman–Crippen MR) is 43.7 cm³/mol. The Kier molecular flexibility index (Phi) is 2.87. The van der Waals surface area contributed by atoms with Gasteiger partial charge in [-0.3, -0.25) is 9.59 Å². The van der Waals surface area contributed by atoms with Crippen molar-refractivity contribution in [3.05, 3.63) is 0 Å². The van der Waals surface area contributed by atoms with Crippen LogP contribution in [0, 0.1) is 5.92 Å². The zero-order chi connectivity index (χ0) is 10.0. The minimum atomic E-state index is -0.528. The van der Waals surface area contributed by atoms with Gasteiger partial charge in [-0.1, -0.05) is 0 Å². The SMILES string of the molecule is COC(C)C1C(=O)NC1OC(C)=O. The molecule has 1 N–H and O–H groups in total. The van der Waals surface area contributed by atoms with Crippen LogP contribution in [0.3, 0.4) is 0 Å². The fourth-order valence-corrected chi connectivity index (χ4v) is 1.25. The maximum Gasteiger partial charge on any atom is 0.304 e. The van der Waals surface area contributed by atoms with Gasteiger partial charge in [-0.2, -0.15) is 0 Å². The Morgan fingerprint density at radius 1 is 1.62 bits per heavy atom. The van der Waals surface area contributed by atoms with Crippen molar-refractivity contribution < 1.29 is 19.1 Å². The molecule has 1 fully saturated rings. The van der Waals surface area contributed by atoms with Gasteiger partial charge < -0.3 is 14.8 Å². The van der Waals surface area contributed by atoms with E-state index in [1.54, 1.807) is 6.92 Å². The van der Waals surface area contributed by atoms with Crippen LogP contribution in [-0.4, -0.2) is 31.3 Å². The van der Waals surface area contributed by atoms with Crippen molar-refractivity contribution in [2.75, 3.05) is 7.11 Å². The number of rotatable bonds is 3. The summed E-state index contributed by atoms with van der Waals surface area (Å²) in [4.78, 5) is 21.6. The molecule has 13 heavy (non-hydrogen) atoms. The topological polar surface area (TPSA) is 64.6 Å². The van der Waals surface area contributed by atoms with Crippen molar-refractivity contribution in [2.24, 2.45) is 5.92 Å². The zero-order valence-electron chi connectivity index (χ0n) is 7.87. The molecule has 3 unspecified atom stereocenters. The molecule has 74 valence electrons. The van der Waals surface area contributed by atoms with Crippen LogP contribution in [0.2, 0.25) is 0 Å². The highest BCUT2D eigenvalue weighted by Gasteiger charge is 2.45. The minimum absolute atomic E-state index is 0.138. The number of hydrogen-bond donors (Lipinski definition) is 1. The van der Waals surface area contributed by atoms with Crippen LogP contribution in [0.25, 0.3) is 0 Å². The molecule has 1 aliphatic heterocycles. The van der Waals surface area contributed by atoms with Gasteiger partial charge in [0.25, 0.3) is 0 Å². The molecule has 0 aromatic heterocycles. The first-order chi connectivity index (χ1) is 6.06. The molecule has 0 saturated carbocycles. The lowest BCUT2D eigenvalue weighted by atomic mass is 9.93. The molecule has 0 spiro atoms. The summed E-state index contributed by atoms with van der Waals surface area (Å²) in [6.45, 7) is 3.07. The van der Waals surface area contributed by atoms with Gasteiger partial charge >= 0.3 is 5.97 Å². The molecular weight excluding hydrogens is 174 g/mol. The summed E-state index contributed by atoms with van der Waals surface area (Å²) >= 11 is 0. The summed E-state index contributed by atoms with van der Waals surface area (Å²) in [6, 6.07) is 0. The van der Waals surface area contributed by atoms with Gasteiger partial charge in [0.1, 0.15) is 5.92 Å². The third kappa shape index (κ3) is 1.98. The first kappa shape index (κ1) is 9.98. The first-order valence-electron chi connectivity index (χ1n) is 4.06. The summed E-state index contributed by atoms with van der Waals surface area (Å²) in [5.74, 6) is -0.923. The largest absolute Gasteiger partial charge is 0.441 e. The highest BCUT2D eigenvalue weighted by molar-refractivity contribution is 5.86. The Morgan fingerprint density at radius 2 is 2.23 bits per heavy atom. The Bertz CT molecular complexity index is 228. The number of carbonyl (C=O) groups excluding carboxylic acids is 2. The molecule has 1 amide bonds. The molecule has 5 heteroatoms. The maximum absolute atomic E-state index is 11.0. The van der Waals surface area contributed by atoms with Crippen molar-refractivity contribution in [2.45, 2.75) is 26.2 Å². The van der Waals surface area contributed by atoms with E-state index in [1.807, 2.05) is 0 Å². The molecular formula is C8H13NO4. The van der Waals surface area contributed by atoms with Crippen LogP contribution in [0.1, 0.15) is 13.8 Å². The van der Waals surface area contributed by atoms with Gasteiger partial charge in [-0.25, -0.2) is 0 Å². The second-order valence-electron chi connectivity index (χ2n) is 3.01. The van der Waals surface area contributed by atoms with Crippen LogP contribution in [0.15, 0.2) is 0 Å². The van der Waals surface area contributed by atoms with E-state index in [-0.39, 0.29) is 17.9 Å². The summed E-state index contributed by atoms with van der Waals surface area (Å²) in [5, 5.41) is 2.48. The molecule has 1 saturated heterocycles. The van der Waals surface area contributed by atoms with Gasteiger partial charge in [0.15, 0.2) is 6.23 Å². The van der Waals surface area contributed by atoms with Gasteiger partial charge in [0, 0.05) is 14.0 Å². The first-order valence-corrected chi connectivity index (χ1v) is 4.06. The number of hydrogen-bond acceptors (Lipinski definition) is 4. The van der Waals surface area contributed by atoms with Crippen molar-refractivity contribution in [3.63, 3.8) is 0 Å². The number of carbonyl (C=O) groups is 2. The molecule has 3 atom stereocenters. The molecule has 0 aromatic carbocycles. The average Bonchev–Trinajstić information content (AvgIpc) is 2.02. The summed E-state index contributed by atoms with van der Waals surface area (Å²) in [7, 11) is 1.51. The normalized spacial score (nSPS) is 28.7. The van der Waals surface area contributed by atoms with Crippen molar-refractivity contribution in [3.8, 4) is 0 Å². The van der Waals surface area contributed by atoms with Gasteiger partial charge in [-0.15, -0.1) is 0 Å². The smallest absolute Gasteiger partial charge is 0.304 e. The predicted octanol–water partition coefficient (Wildman–Crippen LogP) is -0.344. The minimum Gasteiger partial charge on any atom is -0.441 e. The third-order valence-electron chi connectivity index (χ3n) is 2.08. The standard InChI is InChI=1S/C8H13NO4/c1-4(12-3)6-7(11)9-8(6)13-5(2)10/h4,6,8H,1-3H3,(H,9,11). The fraction of sp³-hybridized carbons (Fsp3) is 0.750. The van der Waals surface area contributed by atoms with Crippen LogP contribution in [-0.2, 0) is 19.1 Å². The summed E-state index contributed by atoms with van der Waals surface area (Å²) < 4.78 is 9.83. The van der Waals surface area contributed by atoms with E-state index in [0.29, 0.717) is 0 Å². The second kappa shape index (κ2) is 3.74. The number of ether oxygens (including phenoxy) is 2. The monoisotopic (exact) mass is 187 g/mol. The number of esters is 1. The molecule has 5 nitrogen and oxygen atoms in total. The maximum atomic E-state index is 11.0. The quantitative estimate of drug-likeness (QED) is 0.484. The average molecular weight is 187 g/mol. The third-order valence-corrected chi connectivity index (χ3v) is 2.08. The van der Waals surface area contributed by atoms with Crippen LogP contribution in [0.4, 0.5) is 0 Å².